The number of nitrogens with zero attached hydrogens (tertiary/aromatic N) is 1. The van der Waals surface area contributed by atoms with Crippen LogP contribution in [0.25, 0.3) is 0 Å². The maximum absolute atomic E-state index is 11.4. The van der Waals surface area contributed by atoms with E-state index in [9.17, 15) is 5.11 Å². The first-order chi connectivity index (χ1) is 11.2. The van der Waals surface area contributed by atoms with Gasteiger partial charge in [0.05, 0.1) is 0 Å². The summed E-state index contributed by atoms with van der Waals surface area (Å²) in [6.45, 7) is 7.71. The van der Waals surface area contributed by atoms with Gasteiger partial charge in [-0.25, -0.2) is 0 Å². The lowest BCUT2D eigenvalue weighted by atomic mass is 9.86. The Balaban J connectivity index is 0.00000288. The molecule has 2 aromatic rings. The predicted molar refractivity (Wildman–Crippen MR) is 113 cm³/mol. The molecule has 0 aliphatic rings. The molecule has 0 amide bonds. The summed E-state index contributed by atoms with van der Waals surface area (Å²) in [6.07, 6.45) is 5.68. The Kier molecular flexibility index (Phi) is 10.4. The van der Waals surface area contributed by atoms with Crippen molar-refractivity contribution in [3.63, 3.8) is 0 Å². The highest BCUT2D eigenvalue weighted by Crippen LogP contribution is 2.35. The maximum atomic E-state index is 11.4. The van der Waals surface area contributed by atoms with Gasteiger partial charge in [0.25, 0.3) is 0 Å². The van der Waals surface area contributed by atoms with E-state index in [1.807, 2.05) is 0 Å². The van der Waals surface area contributed by atoms with E-state index in [0.29, 0.717) is 0 Å². The van der Waals surface area contributed by atoms with Gasteiger partial charge in [-0.1, -0.05) is 26.7 Å². The number of rotatable bonds is 11. The van der Waals surface area contributed by atoms with E-state index in [-0.39, 0.29) is 17.0 Å². The summed E-state index contributed by atoms with van der Waals surface area (Å²) < 4.78 is 0. The lowest BCUT2D eigenvalue weighted by Crippen LogP contribution is -2.35. The molecule has 2 heterocycles. The third-order valence-electron chi connectivity index (χ3n) is 4.44. The van der Waals surface area contributed by atoms with Crippen LogP contribution in [0, 0.1) is 0 Å². The van der Waals surface area contributed by atoms with Crippen molar-refractivity contribution in [2.24, 2.45) is 0 Å². The van der Waals surface area contributed by atoms with Crippen LogP contribution in [0.5, 0.6) is 0 Å². The summed E-state index contributed by atoms with van der Waals surface area (Å²) in [5, 5.41) is 19.7. The fourth-order valence-corrected chi connectivity index (χ4v) is 4.32. The minimum Gasteiger partial charge on any atom is -0.380 e. The average Bonchev–Trinajstić information content (AvgIpc) is 3.27. The van der Waals surface area contributed by atoms with Gasteiger partial charge in [0, 0.05) is 6.54 Å². The molecule has 0 aliphatic carbocycles. The maximum Gasteiger partial charge on any atom is 0.117 e. The first-order valence-electron chi connectivity index (χ1n) is 8.70. The first-order valence-corrected chi connectivity index (χ1v) is 10.6. The molecule has 0 bridgehead atoms. The number of unbranched alkanes of at least 4 members (excludes halogenated alkanes) is 2. The fraction of sp³-hybridized carbons (Fsp3) is 0.579. The highest BCUT2D eigenvalue weighted by atomic mass is 79.9. The quantitative estimate of drug-likeness (QED) is 0.477. The van der Waals surface area contributed by atoms with Gasteiger partial charge in [-0.3, -0.25) is 0 Å². The Hall–Kier alpha value is -0.200. The lowest BCUT2D eigenvalue weighted by Gasteiger charge is -2.31. The number of hydrogen-bond acceptors (Lipinski definition) is 4. The molecule has 0 aromatic carbocycles. The molecule has 2 nitrogen and oxygen atoms in total. The second kappa shape index (κ2) is 11.4. The van der Waals surface area contributed by atoms with E-state index in [1.165, 1.54) is 25.7 Å². The van der Waals surface area contributed by atoms with E-state index in [2.05, 4.69) is 52.4 Å². The van der Waals surface area contributed by atoms with Crippen molar-refractivity contribution < 1.29 is 5.11 Å². The molecule has 24 heavy (non-hydrogen) atoms. The van der Waals surface area contributed by atoms with E-state index >= 15 is 0 Å². The number of halogens is 1. The van der Waals surface area contributed by atoms with Crippen molar-refractivity contribution in [2.45, 2.75) is 51.6 Å². The molecule has 5 heteroatoms. The van der Waals surface area contributed by atoms with Gasteiger partial charge in [-0.05, 0) is 77.1 Å². The van der Waals surface area contributed by atoms with Crippen molar-refractivity contribution in [3.05, 3.63) is 44.8 Å². The molecular weight excluding hydrogens is 402 g/mol. The van der Waals surface area contributed by atoms with Gasteiger partial charge < -0.3 is 10.0 Å². The fourth-order valence-electron chi connectivity index (χ4n) is 2.87. The molecule has 1 N–H and O–H groups in total. The number of thiophene rings is 2. The molecule has 0 saturated carbocycles. The van der Waals surface area contributed by atoms with E-state index in [1.54, 1.807) is 22.7 Å². The summed E-state index contributed by atoms with van der Waals surface area (Å²) >= 11 is 3.31. The Morgan fingerprint density at radius 1 is 0.917 bits per heavy atom. The smallest absolute Gasteiger partial charge is 0.117 e. The summed E-state index contributed by atoms with van der Waals surface area (Å²) in [6, 6.07) is 4.12. The molecular formula is C19H30BrNOS2. The topological polar surface area (TPSA) is 23.5 Å². The molecule has 2 aromatic heterocycles. The van der Waals surface area contributed by atoms with Crippen molar-refractivity contribution in [2.75, 3.05) is 19.6 Å². The molecule has 0 atom stereocenters. The number of aliphatic hydroxyl groups is 1. The van der Waals surface area contributed by atoms with Crippen LogP contribution < -0.4 is 0 Å². The van der Waals surface area contributed by atoms with Crippen molar-refractivity contribution >= 4 is 39.7 Å². The molecule has 0 spiro atoms. The molecule has 0 saturated heterocycles. The predicted octanol–water partition coefficient (Wildman–Crippen LogP) is 5.92. The van der Waals surface area contributed by atoms with Gasteiger partial charge in [-0.15, -0.1) is 17.0 Å². The second-order valence-corrected chi connectivity index (χ2v) is 7.74. The zero-order valence-electron chi connectivity index (χ0n) is 14.7. The summed E-state index contributed by atoms with van der Waals surface area (Å²) in [7, 11) is 0. The van der Waals surface area contributed by atoms with Gasteiger partial charge in [-0.2, -0.15) is 22.7 Å². The highest BCUT2D eigenvalue weighted by molar-refractivity contribution is 8.93. The van der Waals surface area contributed by atoms with Crippen LogP contribution in [0.4, 0.5) is 0 Å². The minimum absolute atomic E-state index is 0. The summed E-state index contributed by atoms with van der Waals surface area (Å²) in [5.74, 6) is 0. The van der Waals surface area contributed by atoms with E-state index < -0.39 is 5.60 Å². The van der Waals surface area contributed by atoms with Crippen LogP contribution in [-0.4, -0.2) is 29.6 Å². The van der Waals surface area contributed by atoms with E-state index in [0.717, 1.165) is 37.2 Å². The SMILES string of the molecule is Br.CCCCN(CCCC)CCC(O)(c1ccsc1)c1ccsc1. The molecule has 136 valence electrons. The van der Waals surface area contributed by atoms with E-state index in [4.69, 9.17) is 0 Å². The zero-order chi connectivity index (χ0) is 16.5. The third-order valence-corrected chi connectivity index (χ3v) is 5.81. The number of hydrogen-bond donors (Lipinski definition) is 1. The molecule has 0 aliphatic heterocycles. The minimum atomic E-state index is -0.851. The van der Waals surface area contributed by atoms with Crippen molar-refractivity contribution in [3.8, 4) is 0 Å². The Morgan fingerprint density at radius 3 is 1.79 bits per heavy atom. The van der Waals surface area contributed by atoms with Crippen molar-refractivity contribution in [1.82, 2.24) is 4.90 Å². The Morgan fingerprint density at radius 2 is 1.42 bits per heavy atom. The summed E-state index contributed by atoms with van der Waals surface area (Å²) in [5.41, 5.74) is 1.22. The lowest BCUT2D eigenvalue weighted by molar-refractivity contribution is 0.0576. The Bertz CT molecular complexity index is 485. The zero-order valence-corrected chi connectivity index (χ0v) is 18.1. The standard InChI is InChI=1S/C19H29NOS2.BrH/c1-3-5-10-20(11-6-4-2)12-9-19(21,17-7-13-22-15-17)18-8-14-23-16-18;/h7-8,13-16,21H,3-6,9-12H2,1-2H3;1H. The van der Waals surface area contributed by atoms with Crippen LogP contribution >= 0.6 is 39.7 Å². The van der Waals surface area contributed by atoms with Gasteiger partial charge >= 0.3 is 0 Å². The monoisotopic (exact) mass is 431 g/mol. The highest BCUT2D eigenvalue weighted by Gasteiger charge is 2.32. The largest absolute Gasteiger partial charge is 0.380 e. The molecule has 0 fully saturated rings. The molecule has 0 radical (unpaired) electrons. The van der Waals surface area contributed by atoms with Gasteiger partial charge in [0.2, 0.25) is 0 Å². The average molecular weight is 432 g/mol. The molecule has 2 rings (SSSR count). The summed E-state index contributed by atoms with van der Waals surface area (Å²) in [4.78, 5) is 2.52. The van der Waals surface area contributed by atoms with Crippen LogP contribution in [0.15, 0.2) is 33.7 Å². The van der Waals surface area contributed by atoms with Gasteiger partial charge in [0.1, 0.15) is 5.60 Å². The second-order valence-electron chi connectivity index (χ2n) is 6.18. The van der Waals surface area contributed by atoms with Crippen molar-refractivity contribution in [1.29, 1.82) is 0 Å². The Labute approximate surface area is 165 Å². The third kappa shape index (κ3) is 5.95. The van der Waals surface area contributed by atoms with Crippen LogP contribution in [0.2, 0.25) is 0 Å². The van der Waals surface area contributed by atoms with Crippen LogP contribution in [-0.2, 0) is 5.60 Å². The van der Waals surface area contributed by atoms with Crippen LogP contribution in [0.3, 0.4) is 0 Å². The van der Waals surface area contributed by atoms with Gasteiger partial charge in [0.15, 0.2) is 0 Å². The normalized spacial score (nSPS) is 11.7. The van der Waals surface area contributed by atoms with Crippen LogP contribution in [0.1, 0.15) is 57.1 Å². The molecule has 0 unspecified atom stereocenters. The first kappa shape index (κ1) is 21.8.